The number of hydrogen-bond acceptors (Lipinski definition) is 4. The Morgan fingerprint density at radius 3 is 2.68 bits per heavy atom. The van der Waals surface area contributed by atoms with Gasteiger partial charge in [-0.2, -0.15) is 4.39 Å². The maximum atomic E-state index is 13.2. The molecule has 1 aromatic heterocycles. The predicted molar refractivity (Wildman–Crippen MR) is 59.4 cm³/mol. The smallest absolute Gasteiger partial charge is 0.306 e. The van der Waals surface area contributed by atoms with Crippen molar-refractivity contribution in [2.24, 2.45) is 0 Å². The summed E-state index contributed by atoms with van der Waals surface area (Å²) in [5.74, 6) is -5.03. The summed E-state index contributed by atoms with van der Waals surface area (Å²) in [6.45, 7) is 0.784. The van der Waals surface area contributed by atoms with Crippen molar-refractivity contribution in [2.45, 2.75) is 18.9 Å². The van der Waals surface area contributed by atoms with Crippen LogP contribution in [-0.2, 0) is 4.79 Å². The first-order valence-electron chi connectivity index (χ1n) is 5.25. The molecule has 1 aromatic rings. The van der Waals surface area contributed by atoms with Gasteiger partial charge in [-0.15, -0.1) is 0 Å². The Hall–Kier alpha value is -2.09. The van der Waals surface area contributed by atoms with E-state index < -0.39 is 47.8 Å². The molecule has 0 aromatic carbocycles. The summed E-state index contributed by atoms with van der Waals surface area (Å²) in [6.07, 6.45) is 0.323. The number of carboxylic acid groups (broad SMARTS) is 1. The number of carboxylic acids is 1. The van der Waals surface area contributed by atoms with Crippen LogP contribution in [0.4, 0.5) is 8.78 Å². The number of hydrogen-bond donors (Lipinski definition) is 3. The number of carbonyl (C=O) groups is 2. The van der Waals surface area contributed by atoms with E-state index in [-0.39, 0.29) is 0 Å². The number of rotatable bonds is 5. The SMILES string of the molecule is CC(O)(CNC(=O)c1ccnc(F)c1F)CC(=O)O. The van der Waals surface area contributed by atoms with Crippen LogP contribution >= 0.6 is 0 Å². The van der Waals surface area contributed by atoms with Crippen LogP contribution in [0.3, 0.4) is 0 Å². The molecule has 0 radical (unpaired) electrons. The van der Waals surface area contributed by atoms with Crippen molar-refractivity contribution < 1.29 is 28.6 Å². The third-order valence-electron chi connectivity index (χ3n) is 2.25. The Morgan fingerprint density at radius 1 is 1.47 bits per heavy atom. The minimum absolute atomic E-state index is 0.415. The standard InChI is InChI=1S/C11H12F2N2O4/c1-11(19,4-7(16)17)5-15-10(18)6-2-3-14-9(13)8(6)12/h2-3,19H,4-5H2,1H3,(H,15,18)(H,16,17). The van der Waals surface area contributed by atoms with Gasteiger partial charge in [-0.1, -0.05) is 0 Å². The Morgan fingerprint density at radius 2 is 2.11 bits per heavy atom. The zero-order valence-corrected chi connectivity index (χ0v) is 9.98. The molecule has 1 atom stereocenters. The average Bonchev–Trinajstić information content (AvgIpc) is 2.28. The predicted octanol–water partition coefficient (Wildman–Crippen LogP) is 0.315. The van der Waals surface area contributed by atoms with E-state index in [9.17, 15) is 23.5 Å². The molecule has 0 aliphatic carbocycles. The van der Waals surface area contributed by atoms with Crippen LogP contribution in [0.15, 0.2) is 12.3 Å². The third-order valence-corrected chi connectivity index (χ3v) is 2.25. The van der Waals surface area contributed by atoms with Crippen molar-refractivity contribution in [3.05, 3.63) is 29.6 Å². The van der Waals surface area contributed by atoms with Crippen LogP contribution in [0.1, 0.15) is 23.7 Å². The molecule has 19 heavy (non-hydrogen) atoms. The van der Waals surface area contributed by atoms with Crippen LogP contribution in [0.5, 0.6) is 0 Å². The van der Waals surface area contributed by atoms with E-state index in [1.165, 1.54) is 6.92 Å². The normalized spacial score (nSPS) is 13.7. The molecule has 0 spiro atoms. The number of aliphatic carboxylic acids is 1. The minimum Gasteiger partial charge on any atom is -0.481 e. The lowest BCUT2D eigenvalue weighted by molar-refractivity contribution is -0.141. The molecule has 0 bridgehead atoms. The summed E-state index contributed by atoms with van der Waals surface area (Å²) in [5.41, 5.74) is -2.26. The summed E-state index contributed by atoms with van der Waals surface area (Å²) < 4.78 is 26.0. The largest absolute Gasteiger partial charge is 0.481 e. The zero-order valence-electron chi connectivity index (χ0n) is 9.98. The van der Waals surface area contributed by atoms with Crippen LogP contribution in [0.2, 0.25) is 0 Å². The fourth-order valence-corrected chi connectivity index (χ4v) is 1.35. The molecule has 6 nitrogen and oxygen atoms in total. The van der Waals surface area contributed by atoms with Gasteiger partial charge in [0.1, 0.15) is 0 Å². The summed E-state index contributed by atoms with van der Waals surface area (Å²) in [4.78, 5) is 25.0. The fourth-order valence-electron chi connectivity index (χ4n) is 1.35. The highest BCUT2D eigenvalue weighted by Gasteiger charge is 2.26. The lowest BCUT2D eigenvalue weighted by atomic mass is 10.0. The second-order valence-corrected chi connectivity index (χ2v) is 4.21. The van der Waals surface area contributed by atoms with Gasteiger partial charge in [-0.05, 0) is 13.0 Å². The summed E-state index contributed by atoms with van der Waals surface area (Å²) >= 11 is 0. The Labute approximate surface area is 107 Å². The molecule has 0 aliphatic rings. The van der Waals surface area contributed by atoms with Gasteiger partial charge >= 0.3 is 5.97 Å². The Kier molecular flexibility index (Phi) is 4.49. The van der Waals surface area contributed by atoms with E-state index in [0.717, 1.165) is 12.3 Å². The van der Waals surface area contributed by atoms with E-state index in [4.69, 9.17) is 5.11 Å². The molecule has 104 valence electrons. The number of pyridine rings is 1. The molecule has 1 rings (SSSR count). The first-order valence-corrected chi connectivity index (χ1v) is 5.25. The van der Waals surface area contributed by atoms with Crippen LogP contribution in [-0.4, -0.2) is 39.2 Å². The lowest BCUT2D eigenvalue weighted by Crippen LogP contribution is -2.42. The quantitative estimate of drug-likeness (QED) is 0.671. The lowest BCUT2D eigenvalue weighted by Gasteiger charge is -2.21. The van der Waals surface area contributed by atoms with Crippen molar-refractivity contribution in [3.63, 3.8) is 0 Å². The van der Waals surface area contributed by atoms with E-state index in [0.29, 0.717) is 0 Å². The van der Waals surface area contributed by atoms with Crippen LogP contribution in [0.25, 0.3) is 0 Å². The zero-order chi connectivity index (χ0) is 14.6. The molecule has 1 unspecified atom stereocenters. The molecular weight excluding hydrogens is 262 g/mol. The first kappa shape index (κ1) is 15.0. The Balaban J connectivity index is 2.71. The molecule has 0 fully saturated rings. The minimum atomic E-state index is -1.69. The number of carbonyl (C=O) groups excluding carboxylic acids is 1. The molecule has 0 aliphatic heterocycles. The molecule has 3 N–H and O–H groups in total. The van der Waals surface area contributed by atoms with Gasteiger partial charge in [0.15, 0.2) is 5.82 Å². The number of halogens is 2. The number of nitrogens with zero attached hydrogens (tertiary/aromatic N) is 1. The van der Waals surface area contributed by atoms with Gasteiger partial charge in [0, 0.05) is 12.7 Å². The van der Waals surface area contributed by atoms with Gasteiger partial charge in [-0.25, -0.2) is 9.37 Å². The Bertz CT molecular complexity index is 505. The highest BCUT2D eigenvalue weighted by Crippen LogP contribution is 2.11. The third kappa shape index (κ3) is 4.25. The summed E-state index contributed by atoms with van der Waals surface area (Å²) in [7, 11) is 0. The highest BCUT2D eigenvalue weighted by molar-refractivity contribution is 5.94. The van der Waals surface area contributed by atoms with Crippen molar-refractivity contribution in [3.8, 4) is 0 Å². The highest BCUT2D eigenvalue weighted by atomic mass is 19.2. The van der Waals surface area contributed by atoms with Gasteiger partial charge in [0.2, 0.25) is 5.95 Å². The maximum absolute atomic E-state index is 13.2. The second kappa shape index (κ2) is 5.70. The topological polar surface area (TPSA) is 99.5 Å². The van der Waals surface area contributed by atoms with E-state index in [2.05, 4.69) is 10.3 Å². The molecule has 0 saturated carbocycles. The average molecular weight is 274 g/mol. The molecule has 1 amide bonds. The monoisotopic (exact) mass is 274 g/mol. The second-order valence-electron chi connectivity index (χ2n) is 4.21. The van der Waals surface area contributed by atoms with Crippen LogP contribution in [0, 0.1) is 11.8 Å². The van der Waals surface area contributed by atoms with Crippen molar-refractivity contribution in [2.75, 3.05) is 6.54 Å². The van der Waals surface area contributed by atoms with Crippen LogP contribution < -0.4 is 5.32 Å². The van der Waals surface area contributed by atoms with E-state index in [1.54, 1.807) is 0 Å². The van der Waals surface area contributed by atoms with Gasteiger partial charge in [-0.3, -0.25) is 9.59 Å². The van der Waals surface area contributed by atoms with Crippen molar-refractivity contribution in [1.29, 1.82) is 0 Å². The van der Waals surface area contributed by atoms with Gasteiger partial charge in [0.25, 0.3) is 5.91 Å². The van der Waals surface area contributed by atoms with Gasteiger partial charge in [0.05, 0.1) is 17.6 Å². The van der Waals surface area contributed by atoms with E-state index >= 15 is 0 Å². The molecular formula is C11H12F2N2O4. The van der Waals surface area contributed by atoms with Gasteiger partial charge < -0.3 is 15.5 Å². The fraction of sp³-hybridized carbons (Fsp3) is 0.364. The number of aliphatic hydroxyl groups is 1. The van der Waals surface area contributed by atoms with E-state index in [1.807, 2.05) is 0 Å². The number of amides is 1. The number of aromatic nitrogens is 1. The molecule has 8 heteroatoms. The van der Waals surface area contributed by atoms with Crippen molar-refractivity contribution in [1.82, 2.24) is 10.3 Å². The maximum Gasteiger partial charge on any atom is 0.306 e. The molecule has 1 heterocycles. The summed E-state index contributed by atoms with van der Waals surface area (Å²) in [6, 6.07) is 0.972. The number of nitrogens with one attached hydrogen (secondary N) is 1. The summed E-state index contributed by atoms with van der Waals surface area (Å²) in [5, 5.41) is 20.3. The van der Waals surface area contributed by atoms with Crippen molar-refractivity contribution >= 4 is 11.9 Å². The first-order chi connectivity index (χ1) is 8.73. The molecule has 0 saturated heterocycles.